The molecule has 0 saturated heterocycles. The van der Waals surface area contributed by atoms with Gasteiger partial charge in [0.15, 0.2) is 0 Å². The van der Waals surface area contributed by atoms with Gasteiger partial charge < -0.3 is 10.1 Å². The van der Waals surface area contributed by atoms with Gasteiger partial charge in [-0.2, -0.15) is 0 Å². The number of nitrogens with zero attached hydrogens (tertiary/aromatic N) is 1. The van der Waals surface area contributed by atoms with E-state index in [0.29, 0.717) is 11.4 Å². The number of anilines is 1. The number of nitrogens with one attached hydrogen (secondary N) is 1. The van der Waals surface area contributed by atoms with E-state index in [-0.39, 0.29) is 11.4 Å². The first-order valence-electron chi connectivity index (χ1n) is 11.9. The van der Waals surface area contributed by atoms with Gasteiger partial charge >= 0.3 is 0 Å². The predicted octanol–water partition coefficient (Wildman–Crippen LogP) is 5.41. The molecule has 0 heterocycles. The van der Waals surface area contributed by atoms with Crippen molar-refractivity contribution in [1.29, 1.82) is 0 Å². The molecule has 1 N–H and O–H groups in total. The van der Waals surface area contributed by atoms with Crippen molar-refractivity contribution in [3.8, 4) is 5.75 Å². The first kappa shape index (κ1) is 26.0. The lowest BCUT2D eigenvalue weighted by atomic mass is 9.98. The van der Waals surface area contributed by atoms with Gasteiger partial charge in [-0.1, -0.05) is 77.9 Å². The third kappa shape index (κ3) is 6.19. The number of hydrogen-bond donors (Lipinski definition) is 1. The van der Waals surface area contributed by atoms with E-state index in [1.165, 1.54) is 19.2 Å². The number of rotatable bonds is 9. The van der Waals surface area contributed by atoms with Crippen molar-refractivity contribution in [3.05, 3.63) is 125 Å². The molecule has 0 spiro atoms. The lowest BCUT2D eigenvalue weighted by molar-refractivity contribution is -0.120. The second kappa shape index (κ2) is 11.3. The molecule has 7 heteroatoms. The minimum Gasteiger partial charge on any atom is -0.497 e. The van der Waals surface area contributed by atoms with E-state index < -0.39 is 22.0 Å². The van der Waals surface area contributed by atoms with Gasteiger partial charge in [-0.15, -0.1) is 0 Å². The Hall–Kier alpha value is -4.10. The molecule has 0 radical (unpaired) electrons. The van der Waals surface area contributed by atoms with Crippen molar-refractivity contribution in [2.75, 3.05) is 18.0 Å². The Labute approximate surface area is 218 Å². The van der Waals surface area contributed by atoms with Gasteiger partial charge in [-0.3, -0.25) is 9.10 Å². The molecular formula is C30H30N2O4S. The van der Waals surface area contributed by atoms with Crippen LogP contribution in [0.25, 0.3) is 0 Å². The molecule has 190 valence electrons. The van der Waals surface area contributed by atoms with Crippen LogP contribution in [0.15, 0.2) is 108 Å². The fourth-order valence-corrected chi connectivity index (χ4v) is 5.42. The standard InChI is InChI=1S/C30H30N2O4S/c1-22-9-13-25(14-10-22)30(24-7-5-4-6-8-24)31-29(33)21-32(26-15-11-23(2)12-16-26)37(34,35)28-19-17-27(36-3)18-20-28/h4-20,30H,21H2,1-3H3,(H,31,33)/t30-/m1/s1. The monoisotopic (exact) mass is 514 g/mol. The molecule has 4 rings (SSSR count). The first-order chi connectivity index (χ1) is 17.8. The van der Waals surface area contributed by atoms with Crippen molar-refractivity contribution in [2.45, 2.75) is 24.8 Å². The molecule has 0 aromatic heterocycles. The van der Waals surface area contributed by atoms with Crippen molar-refractivity contribution in [2.24, 2.45) is 0 Å². The summed E-state index contributed by atoms with van der Waals surface area (Å²) in [6.07, 6.45) is 0. The maximum Gasteiger partial charge on any atom is 0.264 e. The molecule has 0 aliphatic heterocycles. The van der Waals surface area contributed by atoms with Crippen LogP contribution < -0.4 is 14.4 Å². The molecule has 0 bridgehead atoms. The molecule has 1 amide bonds. The minimum atomic E-state index is -4.04. The summed E-state index contributed by atoms with van der Waals surface area (Å²) in [5.74, 6) is 0.120. The summed E-state index contributed by atoms with van der Waals surface area (Å²) in [5.41, 5.74) is 4.31. The Morgan fingerprint density at radius 3 is 1.89 bits per heavy atom. The van der Waals surface area contributed by atoms with Gasteiger partial charge in [0.2, 0.25) is 5.91 Å². The van der Waals surface area contributed by atoms with Crippen molar-refractivity contribution >= 4 is 21.6 Å². The van der Waals surface area contributed by atoms with Crippen molar-refractivity contribution in [1.82, 2.24) is 5.32 Å². The second-order valence-electron chi connectivity index (χ2n) is 8.84. The van der Waals surface area contributed by atoms with Gasteiger partial charge in [0.1, 0.15) is 12.3 Å². The number of aryl methyl sites for hydroxylation is 2. The smallest absolute Gasteiger partial charge is 0.264 e. The summed E-state index contributed by atoms with van der Waals surface area (Å²) >= 11 is 0. The van der Waals surface area contributed by atoms with Crippen LogP contribution in [0.2, 0.25) is 0 Å². The van der Waals surface area contributed by atoms with Crippen LogP contribution in [0.5, 0.6) is 5.75 Å². The zero-order valence-electron chi connectivity index (χ0n) is 21.1. The van der Waals surface area contributed by atoms with Crippen LogP contribution >= 0.6 is 0 Å². The molecule has 4 aromatic carbocycles. The highest BCUT2D eigenvalue weighted by molar-refractivity contribution is 7.92. The fourth-order valence-electron chi connectivity index (χ4n) is 4.00. The van der Waals surface area contributed by atoms with E-state index in [2.05, 4.69) is 5.32 Å². The van der Waals surface area contributed by atoms with Gasteiger partial charge in [0.05, 0.1) is 23.7 Å². The summed E-state index contributed by atoms with van der Waals surface area (Å²) in [6.45, 7) is 3.54. The quantitative estimate of drug-likeness (QED) is 0.324. The van der Waals surface area contributed by atoms with Crippen LogP contribution in [0, 0.1) is 13.8 Å². The lowest BCUT2D eigenvalue weighted by Gasteiger charge is -2.26. The summed E-state index contributed by atoms with van der Waals surface area (Å²) in [7, 11) is -2.52. The number of carbonyl (C=O) groups excluding carboxylic acids is 1. The van der Waals surface area contributed by atoms with Gasteiger partial charge in [-0.25, -0.2) is 8.42 Å². The Morgan fingerprint density at radius 2 is 1.32 bits per heavy atom. The highest BCUT2D eigenvalue weighted by Crippen LogP contribution is 2.27. The molecule has 6 nitrogen and oxygen atoms in total. The second-order valence-corrected chi connectivity index (χ2v) is 10.7. The van der Waals surface area contributed by atoms with Crippen LogP contribution in [-0.4, -0.2) is 28.0 Å². The Kier molecular flexibility index (Phi) is 7.94. The predicted molar refractivity (Wildman–Crippen MR) is 146 cm³/mol. The molecule has 0 aliphatic carbocycles. The van der Waals surface area contributed by atoms with Gasteiger partial charge in [0.25, 0.3) is 10.0 Å². The highest BCUT2D eigenvalue weighted by atomic mass is 32.2. The molecule has 0 unspecified atom stereocenters. The normalized spacial score (nSPS) is 12.0. The number of methoxy groups -OCH3 is 1. The number of hydrogen-bond acceptors (Lipinski definition) is 4. The molecule has 1 atom stereocenters. The third-order valence-corrected chi connectivity index (χ3v) is 7.89. The largest absolute Gasteiger partial charge is 0.497 e. The lowest BCUT2D eigenvalue weighted by Crippen LogP contribution is -2.42. The minimum absolute atomic E-state index is 0.0693. The first-order valence-corrected chi connectivity index (χ1v) is 13.4. The number of carbonyl (C=O) groups is 1. The van der Waals surface area contributed by atoms with Crippen LogP contribution in [0.3, 0.4) is 0 Å². The molecular weight excluding hydrogens is 484 g/mol. The summed E-state index contributed by atoms with van der Waals surface area (Å²) in [4.78, 5) is 13.5. The summed E-state index contributed by atoms with van der Waals surface area (Å²) < 4.78 is 33.7. The van der Waals surface area contributed by atoms with E-state index in [9.17, 15) is 13.2 Å². The van der Waals surface area contributed by atoms with Crippen LogP contribution in [0.1, 0.15) is 28.3 Å². The van der Waals surface area contributed by atoms with E-state index in [1.807, 2.05) is 80.6 Å². The summed E-state index contributed by atoms with van der Waals surface area (Å²) in [6, 6.07) is 30.3. The average Bonchev–Trinajstić information content (AvgIpc) is 2.92. The van der Waals surface area contributed by atoms with Crippen molar-refractivity contribution < 1.29 is 17.9 Å². The molecule has 0 saturated carbocycles. The third-order valence-electron chi connectivity index (χ3n) is 6.11. The summed E-state index contributed by atoms with van der Waals surface area (Å²) in [5, 5.41) is 3.06. The number of amides is 1. The average molecular weight is 515 g/mol. The van der Waals surface area contributed by atoms with Gasteiger partial charge in [-0.05, 0) is 61.4 Å². The topological polar surface area (TPSA) is 75.7 Å². The highest BCUT2D eigenvalue weighted by Gasteiger charge is 2.28. The Bertz CT molecular complexity index is 1430. The number of sulfonamides is 1. The Balaban J connectivity index is 1.67. The zero-order valence-corrected chi connectivity index (χ0v) is 21.9. The van der Waals surface area contributed by atoms with E-state index in [0.717, 1.165) is 26.6 Å². The maximum absolute atomic E-state index is 13.7. The van der Waals surface area contributed by atoms with Crippen LogP contribution in [-0.2, 0) is 14.8 Å². The molecule has 0 aliphatic rings. The molecule has 0 fully saturated rings. The Morgan fingerprint density at radius 1 is 0.784 bits per heavy atom. The van der Waals surface area contributed by atoms with E-state index >= 15 is 0 Å². The van der Waals surface area contributed by atoms with E-state index in [1.54, 1.807) is 24.3 Å². The van der Waals surface area contributed by atoms with Crippen molar-refractivity contribution in [3.63, 3.8) is 0 Å². The molecule has 4 aromatic rings. The van der Waals surface area contributed by atoms with Crippen LogP contribution in [0.4, 0.5) is 5.69 Å². The number of benzene rings is 4. The maximum atomic E-state index is 13.7. The van der Waals surface area contributed by atoms with Gasteiger partial charge in [0, 0.05) is 0 Å². The fraction of sp³-hybridized carbons (Fsp3) is 0.167. The SMILES string of the molecule is COc1ccc(S(=O)(=O)N(CC(=O)N[C@H](c2ccccc2)c2ccc(C)cc2)c2ccc(C)cc2)cc1. The zero-order chi connectivity index (χ0) is 26.4. The van der Waals surface area contributed by atoms with E-state index in [4.69, 9.17) is 4.74 Å². The molecule has 37 heavy (non-hydrogen) atoms. The number of ether oxygens (including phenoxy) is 1.